The van der Waals surface area contributed by atoms with Crippen LogP contribution in [0, 0.1) is 11.3 Å². The second-order valence-electron chi connectivity index (χ2n) is 1.54. The monoisotopic (exact) mass is 142 g/mol. The molecule has 0 aliphatic carbocycles. The van der Waals surface area contributed by atoms with Crippen LogP contribution < -0.4 is 5.32 Å². The number of rotatable bonds is 0. The highest BCUT2D eigenvalue weighted by Gasteiger charge is 1.92. The van der Waals surface area contributed by atoms with Crippen molar-refractivity contribution in [1.82, 2.24) is 5.32 Å². The van der Waals surface area contributed by atoms with Gasteiger partial charge in [0, 0.05) is 12.1 Å². The summed E-state index contributed by atoms with van der Waals surface area (Å²) in [4.78, 5) is 0. The van der Waals surface area contributed by atoms with Gasteiger partial charge in [0.2, 0.25) is 0 Å². The quantitative estimate of drug-likeness (QED) is 0.547. The molecule has 0 amide bonds. The molecule has 0 radical (unpaired) electrons. The fraction of sp³-hybridized carbons (Fsp3) is 0.167. The van der Waals surface area contributed by atoms with Crippen LogP contribution in [0.3, 0.4) is 0 Å². The molecule has 1 heterocycles. The first-order valence-corrected chi connectivity index (χ1v) is 2.42. The molecule has 0 aromatic carbocycles. The summed E-state index contributed by atoms with van der Waals surface area (Å²) >= 11 is 0. The van der Waals surface area contributed by atoms with E-state index in [4.69, 9.17) is 5.26 Å². The molecule has 0 bridgehead atoms. The van der Waals surface area contributed by atoms with E-state index in [0.29, 0.717) is 6.54 Å². The molecule has 48 valence electrons. The Balaban J connectivity index is 0.000000640. The number of nitriles is 1. The standard InChI is InChI=1S/C6H6N2.ClH/c7-4-6-2-1-3-8-5-6;/h1-3,8H,5H2;1H. The van der Waals surface area contributed by atoms with Gasteiger partial charge in [-0.05, 0) is 18.4 Å². The number of halogens is 1. The van der Waals surface area contributed by atoms with Gasteiger partial charge in [0.1, 0.15) is 0 Å². The molecule has 0 aromatic rings. The topological polar surface area (TPSA) is 35.8 Å². The average Bonchev–Trinajstić information content (AvgIpc) is 1.90. The van der Waals surface area contributed by atoms with Gasteiger partial charge in [-0.2, -0.15) is 5.26 Å². The SMILES string of the molecule is Cl.N#CC1=CC=CNC1. The number of nitrogens with one attached hydrogen (secondary N) is 1. The predicted molar refractivity (Wildman–Crippen MR) is 38.1 cm³/mol. The van der Waals surface area contributed by atoms with Gasteiger partial charge in [-0.15, -0.1) is 12.4 Å². The summed E-state index contributed by atoms with van der Waals surface area (Å²) in [7, 11) is 0. The number of nitrogens with zero attached hydrogens (tertiary/aromatic N) is 1. The summed E-state index contributed by atoms with van der Waals surface area (Å²) in [5.41, 5.74) is 0.785. The van der Waals surface area contributed by atoms with Crippen molar-refractivity contribution >= 4 is 12.4 Å². The summed E-state index contributed by atoms with van der Waals surface area (Å²) in [6.45, 7) is 0.674. The summed E-state index contributed by atoms with van der Waals surface area (Å²) in [5.74, 6) is 0. The normalized spacial score (nSPS) is 14.3. The van der Waals surface area contributed by atoms with Crippen LogP contribution in [0.1, 0.15) is 0 Å². The van der Waals surface area contributed by atoms with E-state index < -0.39 is 0 Å². The molecule has 0 atom stereocenters. The van der Waals surface area contributed by atoms with Crippen LogP contribution in [-0.4, -0.2) is 6.54 Å². The lowest BCUT2D eigenvalue weighted by Crippen LogP contribution is -2.10. The number of hydrogen-bond acceptors (Lipinski definition) is 2. The third-order valence-electron chi connectivity index (χ3n) is 0.948. The van der Waals surface area contributed by atoms with E-state index in [2.05, 4.69) is 11.4 Å². The fourth-order valence-electron chi connectivity index (χ4n) is 0.537. The van der Waals surface area contributed by atoms with Crippen molar-refractivity contribution < 1.29 is 0 Å². The second-order valence-corrected chi connectivity index (χ2v) is 1.54. The van der Waals surface area contributed by atoms with Crippen molar-refractivity contribution in [1.29, 1.82) is 5.26 Å². The summed E-state index contributed by atoms with van der Waals surface area (Å²) in [6, 6.07) is 2.05. The molecule has 1 N–H and O–H groups in total. The Hall–Kier alpha value is -0.940. The maximum atomic E-state index is 8.30. The van der Waals surface area contributed by atoms with E-state index in [1.165, 1.54) is 0 Å². The second kappa shape index (κ2) is 3.99. The van der Waals surface area contributed by atoms with Crippen LogP contribution in [0.15, 0.2) is 23.9 Å². The van der Waals surface area contributed by atoms with E-state index in [0.717, 1.165) is 5.57 Å². The zero-order valence-corrected chi connectivity index (χ0v) is 5.61. The predicted octanol–water partition coefficient (Wildman–Crippen LogP) is 0.975. The largest absolute Gasteiger partial charge is 0.386 e. The minimum atomic E-state index is 0. The minimum Gasteiger partial charge on any atom is -0.386 e. The molecule has 0 aromatic heterocycles. The number of dihydropyridines is 1. The van der Waals surface area contributed by atoms with Gasteiger partial charge in [-0.25, -0.2) is 0 Å². The van der Waals surface area contributed by atoms with Gasteiger partial charge in [-0.3, -0.25) is 0 Å². The first-order valence-electron chi connectivity index (χ1n) is 2.42. The van der Waals surface area contributed by atoms with Crippen LogP contribution in [-0.2, 0) is 0 Å². The number of hydrogen-bond donors (Lipinski definition) is 1. The van der Waals surface area contributed by atoms with Crippen molar-refractivity contribution in [2.75, 3.05) is 6.54 Å². The Kier molecular flexibility index (Phi) is 3.57. The first-order chi connectivity index (χ1) is 3.93. The van der Waals surface area contributed by atoms with Crippen molar-refractivity contribution in [2.24, 2.45) is 0 Å². The maximum absolute atomic E-state index is 8.30. The van der Waals surface area contributed by atoms with E-state index in [9.17, 15) is 0 Å². The zero-order chi connectivity index (χ0) is 5.82. The Morgan fingerprint density at radius 1 is 1.67 bits per heavy atom. The highest BCUT2D eigenvalue weighted by Crippen LogP contribution is 1.93. The minimum absolute atomic E-state index is 0. The molecule has 0 fully saturated rings. The van der Waals surface area contributed by atoms with Crippen molar-refractivity contribution in [3.05, 3.63) is 23.9 Å². The maximum Gasteiger partial charge on any atom is 0.0966 e. The molecule has 1 rings (SSSR count). The van der Waals surface area contributed by atoms with Crippen molar-refractivity contribution in [3.63, 3.8) is 0 Å². The van der Waals surface area contributed by atoms with Gasteiger partial charge in [0.05, 0.1) is 6.07 Å². The van der Waals surface area contributed by atoms with Crippen LogP contribution >= 0.6 is 12.4 Å². The van der Waals surface area contributed by atoms with E-state index in [1.807, 2.05) is 12.3 Å². The lowest BCUT2D eigenvalue weighted by molar-refractivity contribution is 0.943. The Morgan fingerprint density at radius 2 is 2.44 bits per heavy atom. The van der Waals surface area contributed by atoms with Crippen LogP contribution in [0.25, 0.3) is 0 Å². The molecule has 0 saturated carbocycles. The molecular weight excluding hydrogens is 136 g/mol. The van der Waals surface area contributed by atoms with Crippen LogP contribution in [0.2, 0.25) is 0 Å². The van der Waals surface area contributed by atoms with Crippen LogP contribution in [0.4, 0.5) is 0 Å². The molecule has 2 nitrogen and oxygen atoms in total. The van der Waals surface area contributed by atoms with Gasteiger partial charge in [0.25, 0.3) is 0 Å². The zero-order valence-electron chi connectivity index (χ0n) is 4.79. The molecular formula is C6H7ClN2. The lowest BCUT2D eigenvalue weighted by Gasteiger charge is -2.00. The molecule has 9 heavy (non-hydrogen) atoms. The summed E-state index contributed by atoms with van der Waals surface area (Å²) < 4.78 is 0. The van der Waals surface area contributed by atoms with Crippen molar-refractivity contribution in [3.8, 4) is 6.07 Å². The molecule has 0 spiro atoms. The van der Waals surface area contributed by atoms with E-state index in [-0.39, 0.29) is 12.4 Å². The van der Waals surface area contributed by atoms with Crippen molar-refractivity contribution in [2.45, 2.75) is 0 Å². The number of allylic oxidation sites excluding steroid dienone is 2. The molecule has 1 aliphatic heterocycles. The molecule has 1 aliphatic rings. The summed E-state index contributed by atoms with van der Waals surface area (Å²) in [6.07, 6.45) is 5.44. The Morgan fingerprint density at radius 3 is 2.78 bits per heavy atom. The smallest absolute Gasteiger partial charge is 0.0966 e. The molecule has 3 heteroatoms. The van der Waals surface area contributed by atoms with E-state index in [1.54, 1.807) is 6.08 Å². The Labute approximate surface area is 60.3 Å². The fourth-order valence-corrected chi connectivity index (χ4v) is 0.537. The van der Waals surface area contributed by atoms with Gasteiger partial charge in [0.15, 0.2) is 0 Å². The average molecular weight is 143 g/mol. The third kappa shape index (κ3) is 2.20. The van der Waals surface area contributed by atoms with Gasteiger partial charge < -0.3 is 5.32 Å². The highest BCUT2D eigenvalue weighted by atomic mass is 35.5. The molecule has 0 unspecified atom stereocenters. The van der Waals surface area contributed by atoms with Gasteiger partial charge in [-0.1, -0.05) is 0 Å². The van der Waals surface area contributed by atoms with Gasteiger partial charge >= 0.3 is 0 Å². The first kappa shape index (κ1) is 8.06. The van der Waals surface area contributed by atoms with E-state index >= 15 is 0 Å². The summed E-state index contributed by atoms with van der Waals surface area (Å²) in [5, 5.41) is 11.2. The van der Waals surface area contributed by atoms with Crippen LogP contribution in [0.5, 0.6) is 0 Å². The highest BCUT2D eigenvalue weighted by molar-refractivity contribution is 5.85. The molecule has 0 saturated heterocycles. The Bertz CT molecular complexity index is 176. The third-order valence-corrected chi connectivity index (χ3v) is 0.948. The lowest BCUT2D eigenvalue weighted by atomic mass is 10.2.